The fraction of sp³-hybridized carbons (Fsp3) is 0.625. The first kappa shape index (κ1) is 24.6. The predicted octanol–water partition coefficient (Wildman–Crippen LogP) is -5.31. The molecule has 2 fully saturated rings. The second-order valence-corrected chi connectivity index (χ2v) is 7.15. The lowest BCUT2D eigenvalue weighted by Gasteiger charge is -2.16. The molecule has 0 aromatic carbocycles. The molecule has 0 bridgehead atoms. The SMILES string of the molecule is Nc1ncn(C2CC(O)C(CO)O2)c(=O)n1.Nc1ncn(C2OC(CO)C(O)C2O)c(=O)n1. The van der Waals surface area contributed by atoms with Gasteiger partial charge in [-0.1, -0.05) is 0 Å². The van der Waals surface area contributed by atoms with E-state index >= 15 is 0 Å². The second kappa shape index (κ2) is 10.3. The van der Waals surface area contributed by atoms with Crippen LogP contribution >= 0.6 is 0 Å². The Morgan fingerprint density at radius 3 is 1.88 bits per heavy atom. The van der Waals surface area contributed by atoms with Gasteiger partial charge in [-0.15, -0.1) is 0 Å². The molecule has 0 aliphatic carbocycles. The highest BCUT2D eigenvalue weighted by Gasteiger charge is 2.43. The van der Waals surface area contributed by atoms with Gasteiger partial charge in [0.05, 0.1) is 19.3 Å². The molecule has 2 aliphatic rings. The molecule has 0 saturated carbocycles. The molecule has 2 saturated heterocycles. The maximum Gasteiger partial charge on any atom is 0.354 e. The van der Waals surface area contributed by atoms with Crippen molar-refractivity contribution in [3.8, 4) is 0 Å². The fourth-order valence-corrected chi connectivity index (χ4v) is 3.24. The third kappa shape index (κ3) is 5.30. The number of nitrogens with zero attached hydrogens (tertiary/aromatic N) is 6. The lowest BCUT2D eigenvalue weighted by molar-refractivity contribution is -0.0554. The van der Waals surface area contributed by atoms with Gasteiger partial charge in [-0.3, -0.25) is 9.13 Å². The average molecular weight is 472 g/mol. The van der Waals surface area contributed by atoms with Crippen LogP contribution in [0.15, 0.2) is 22.2 Å². The van der Waals surface area contributed by atoms with Crippen molar-refractivity contribution < 1.29 is 35.0 Å². The Morgan fingerprint density at radius 2 is 1.42 bits per heavy atom. The Morgan fingerprint density at radius 1 is 0.879 bits per heavy atom. The van der Waals surface area contributed by atoms with Crippen LogP contribution in [0.1, 0.15) is 18.9 Å². The van der Waals surface area contributed by atoms with Gasteiger partial charge in [0.25, 0.3) is 0 Å². The van der Waals surface area contributed by atoms with Gasteiger partial charge in [0.2, 0.25) is 11.9 Å². The van der Waals surface area contributed by atoms with Gasteiger partial charge in [-0.05, 0) is 0 Å². The highest BCUT2D eigenvalue weighted by atomic mass is 16.6. The van der Waals surface area contributed by atoms with Crippen molar-refractivity contribution in [2.45, 2.75) is 49.4 Å². The number of hydrogen-bond acceptors (Lipinski definition) is 15. The zero-order valence-corrected chi connectivity index (χ0v) is 17.0. The molecule has 2 aliphatic heterocycles. The summed E-state index contributed by atoms with van der Waals surface area (Å²) in [7, 11) is 0. The molecule has 2 aromatic heterocycles. The molecule has 7 unspecified atom stereocenters. The molecule has 4 rings (SSSR count). The van der Waals surface area contributed by atoms with Crippen LogP contribution in [-0.4, -0.2) is 98.3 Å². The minimum atomic E-state index is -1.35. The van der Waals surface area contributed by atoms with Gasteiger partial charge in [0.15, 0.2) is 6.23 Å². The van der Waals surface area contributed by atoms with Crippen molar-refractivity contribution in [2.24, 2.45) is 0 Å². The van der Waals surface area contributed by atoms with Gasteiger partial charge in [0.1, 0.15) is 43.3 Å². The smallest absolute Gasteiger partial charge is 0.354 e. The maximum atomic E-state index is 11.5. The molecule has 0 amide bonds. The van der Waals surface area contributed by atoms with Crippen LogP contribution in [-0.2, 0) is 9.47 Å². The Bertz CT molecular complexity index is 1060. The summed E-state index contributed by atoms with van der Waals surface area (Å²) in [6.07, 6.45) is -4.42. The minimum absolute atomic E-state index is 0.112. The summed E-state index contributed by atoms with van der Waals surface area (Å²) in [6.45, 7) is -0.776. The fourth-order valence-electron chi connectivity index (χ4n) is 3.24. The molecule has 33 heavy (non-hydrogen) atoms. The van der Waals surface area contributed by atoms with Gasteiger partial charge in [0, 0.05) is 6.42 Å². The summed E-state index contributed by atoms with van der Waals surface area (Å²) in [4.78, 5) is 37.0. The van der Waals surface area contributed by atoms with Crippen LogP contribution in [0.2, 0.25) is 0 Å². The standard InChI is InChI=1S/C8H12N4O5.C8H12N4O4/c9-7-10-2-12(8(16)11-7)6-5(15)4(14)3(1-13)17-6;9-7-10-3-12(8(15)11-7)6-1-4(14)5(2-13)16-6/h2-6,13-15H,1H2,(H2,9,11,16);3-6,13-14H,1-2H2,(H2,9,11,15). The summed E-state index contributed by atoms with van der Waals surface area (Å²) >= 11 is 0. The van der Waals surface area contributed by atoms with Crippen molar-refractivity contribution in [2.75, 3.05) is 24.7 Å². The average Bonchev–Trinajstić information content (AvgIpc) is 3.28. The summed E-state index contributed by atoms with van der Waals surface area (Å²) in [6, 6.07) is 0. The Balaban J connectivity index is 0.000000186. The number of aliphatic hydroxyl groups excluding tert-OH is 5. The quantitative estimate of drug-likeness (QED) is 0.219. The number of nitrogen functional groups attached to an aromatic ring is 2. The lowest BCUT2D eigenvalue weighted by Crippen LogP contribution is -2.36. The van der Waals surface area contributed by atoms with E-state index in [1.807, 2.05) is 0 Å². The molecule has 0 radical (unpaired) electrons. The summed E-state index contributed by atoms with van der Waals surface area (Å²) in [5.74, 6) is -0.309. The van der Waals surface area contributed by atoms with Crippen molar-refractivity contribution in [1.82, 2.24) is 29.1 Å². The van der Waals surface area contributed by atoms with Crippen molar-refractivity contribution >= 4 is 11.9 Å². The number of aliphatic hydroxyl groups is 5. The summed E-state index contributed by atoms with van der Waals surface area (Å²) < 4.78 is 12.4. The third-order valence-corrected chi connectivity index (χ3v) is 4.98. The maximum absolute atomic E-state index is 11.5. The van der Waals surface area contributed by atoms with Gasteiger partial charge in [-0.2, -0.15) is 9.97 Å². The lowest BCUT2D eigenvalue weighted by atomic mass is 10.1. The molecule has 9 N–H and O–H groups in total. The molecule has 17 heteroatoms. The topological polar surface area (TPSA) is 267 Å². The number of rotatable bonds is 4. The number of nitrogens with two attached hydrogens (primary N) is 2. The normalized spacial score (nSPS) is 31.2. The molecule has 182 valence electrons. The second-order valence-electron chi connectivity index (χ2n) is 7.15. The van der Waals surface area contributed by atoms with E-state index in [4.69, 9.17) is 31.2 Å². The van der Waals surface area contributed by atoms with Crippen LogP contribution in [0.5, 0.6) is 0 Å². The van der Waals surface area contributed by atoms with Gasteiger partial charge in [-0.25, -0.2) is 19.6 Å². The first-order valence-corrected chi connectivity index (χ1v) is 9.64. The summed E-state index contributed by atoms with van der Waals surface area (Å²) in [5, 5.41) is 46.5. The van der Waals surface area contributed by atoms with Crippen LogP contribution in [0, 0.1) is 0 Å². The molecule has 7 atom stereocenters. The summed E-state index contributed by atoms with van der Waals surface area (Å²) in [5.41, 5.74) is 9.10. The molecule has 2 aromatic rings. The van der Waals surface area contributed by atoms with E-state index in [1.165, 1.54) is 6.33 Å². The van der Waals surface area contributed by atoms with Crippen molar-refractivity contribution in [3.05, 3.63) is 33.6 Å². The van der Waals surface area contributed by atoms with Gasteiger partial charge >= 0.3 is 11.4 Å². The van der Waals surface area contributed by atoms with Crippen molar-refractivity contribution in [3.63, 3.8) is 0 Å². The van der Waals surface area contributed by atoms with E-state index in [2.05, 4.69) is 19.9 Å². The predicted molar refractivity (Wildman–Crippen MR) is 106 cm³/mol. The number of aromatic nitrogens is 6. The Hall–Kier alpha value is -3.06. The highest BCUT2D eigenvalue weighted by molar-refractivity contribution is 5.10. The monoisotopic (exact) mass is 472 g/mol. The van der Waals surface area contributed by atoms with E-state index in [0.717, 1.165) is 15.5 Å². The zero-order chi connectivity index (χ0) is 24.3. The number of ether oxygens (including phenoxy) is 2. The van der Waals surface area contributed by atoms with Crippen LogP contribution in [0.25, 0.3) is 0 Å². The minimum Gasteiger partial charge on any atom is -0.394 e. The number of hydrogen-bond donors (Lipinski definition) is 7. The molecular weight excluding hydrogens is 448 g/mol. The van der Waals surface area contributed by atoms with Crippen LogP contribution in [0.4, 0.5) is 11.9 Å². The first-order chi connectivity index (χ1) is 15.7. The van der Waals surface area contributed by atoms with E-state index in [-0.39, 0.29) is 24.9 Å². The molecule has 17 nitrogen and oxygen atoms in total. The first-order valence-electron chi connectivity index (χ1n) is 9.64. The largest absolute Gasteiger partial charge is 0.394 e. The van der Waals surface area contributed by atoms with E-state index in [1.54, 1.807) is 0 Å². The third-order valence-electron chi connectivity index (χ3n) is 4.98. The number of anilines is 2. The Labute approximate surface area is 184 Å². The zero-order valence-electron chi connectivity index (χ0n) is 17.0. The molecular formula is C16H24N8O9. The van der Waals surface area contributed by atoms with E-state index in [9.17, 15) is 24.9 Å². The van der Waals surface area contributed by atoms with Crippen LogP contribution in [0.3, 0.4) is 0 Å². The molecule has 4 heterocycles. The van der Waals surface area contributed by atoms with E-state index < -0.39 is 61.0 Å². The van der Waals surface area contributed by atoms with Crippen LogP contribution < -0.4 is 22.8 Å². The van der Waals surface area contributed by atoms with Gasteiger partial charge < -0.3 is 46.5 Å². The van der Waals surface area contributed by atoms with Crippen molar-refractivity contribution in [1.29, 1.82) is 0 Å². The van der Waals surface area contributed by atoms with E-state index in [0.29, 0.717) is 0 Å². The Kier molecular flexibility index (Phi) is 7.64. The highest BCUT2D eigenvalue weighted by Crippen LogP contribution is 2.28. The molecule has 0 spiro atoms.